The largest absolute Gasteiger partial charge is 0.362 e. The van der Waals surface area contributed by atoms with Crippen LogP contribution in [0.4, 0.5) is 8.78 Å². The predicted molar refractivity (Wildman–Crippen MR) is 54.2 cm³/mol. The van der Waals surface area contributed by atoms with Crippen LogP contribution in [0.3, 0.4) is 0 Å². The smallest absolute Gasteiger partial charge is 0.248 e. The van der Waals surface area contributed by atoms with Crippen LogP contribution in [-0.4, -0.2) is 30.0 Å². The SMILES string of the molecule is C[C@@]1(C(=O)[C@@H](N)C[C@@H]2CCC(F)(F)C2)CO1. The number of rotatable bonds is 4. The van der Waals surface area contributed by atoms with Gasteiger partial charge >= 0.3 is 0 Å². The predicted octanol–water partition coefficient (Wildman–Crippen LogP) is 1.50. The molecule has 92 valence electrons. The summed E-state index contributed by atoms with van der Waals surface area (Å²) in [5.74, 6) is -2.84. The van der Waals surface area contributed by atoms with Gasteiger partial charge in [-0.15, -0.1) is 0 Å². The number of epoxide rings is 1. The summed E-state index contributed by atoms with van der Waals surface area (Å²) in [6, 6.07) is -0.661. The molecule has 0 radical (unpaired) electrons. The van der Waals surface area contributed by atoms with Crippen LogP contribution in [-0.2, 0) is 9.53 Å². The van der Waals surface area contributed by atoms with E-state index >= 15 is 0 Å². The molecule has 1 saturated heterocycles. The lowest BCUT2D eigenvalue weighted by Crippen LogP contribution is -2.40. The number of Topliss-reactive ketones (excluding diaryl/α,β-unsaturated/α-hetero) is 1. The second-order valence-electron chi connectivity index (χ2n) is 5.19. The molecule has 3 nitrogen and oxygen atoms in total. The summed E-state index contributed by atoms with van der Waals surface area (Å²) in [6.45, 7) is 2.10. The Morgan fingerprint density at radius 3 is 2.69 bits per heavy atom. The molecule has 2 aliphatic rings. The van der Waals surface area contributed by atoms with Crippen LogP contribution in [0, 0.1) is 5.92 Å². The Kier molecular flexibility index (Phi) is 2.78. The van der Waals surface area contributed by atoms with E-state index in [0.717, 1.165) is 0 Å². The van der Waals surface area contributed by atoms with Gasteiger partial charge in [0.1, 0.15) is 5.60 Å². The summed E-state index contributed by atoms with van der Waals surface area (Å²) in [5.41, 5.74) is 5.00. The van der Waals surface area contributed by atoms with Gasteiger partial charge in [-0.2, -0.15) is 0 Å². The summed E-state index contributed by atoms with van der Waals surface area (Å²) in [7, 11) is 0. The lowest BCUT2D eigenvalue weighted by Gasteiger charge is -2.17. The lowest BCUT2D eigenvalue weighted by atomic mass is 9.91. The van der Waals surface area contributed by atoms with Gasteiger partial charge in [-0.1, -0.05) is 0 Å². The Morgan fingerprint density at radius 2 is 2.25 bits per heavy atom. The van der Waals surface area contributed by atoms with Gasteiger partial charge in [0.25, 0.3) is 0 Å². The minimum atomic E-state index is -2.56. The van der Waals surface area contributed by atoms with Crippen molar-refractivity contribution in [2.45, 2.75) is 50.2 Å². The first-order chi connectivity index (χ1) is 7.32. The molecular formula is C11H17F2NO2. The molecule has 0 bridgehead atoms. The van der Waals surface area contributed by atoms with Crippen LogP contribution in [0.2, 0.25) is 0 Å². The number of carbonyl (C=O) groups is 1. The van der Waals surface area contributed by atoms with Crippen molar-refractivity contribution in [2.75, 3.05) is 6.61 Å². The maximum atomic E-state index is 12.9. The van der Waals surface area contributed by atoms with Gasteiger partial charge in [0.05, 0.1) is 12.6 Å². The average Bonchev–Trinajstić information content (AvgIpc) is 2.84. The van der Waals surface area contributed by atoms with E-state index in [-0.39, 0.29) is 24.5 Å². The first kappa shape index (κ1) is 11.9. The summed E-state index contributed by atoms with van der Waals surface area (Å²) >= 11 is 0. The Labute approximate surface area is 93.3 Å². The van der Waals surface area contributed by atoms with E-state index in [1.807, 2.05) is 0 Å². The van der Waals surface area contributed by atoms with Crippen molar-refractivity contribution in [1.82, 2.24) is 0 Å². The monoisotopic (exact) mass is 233 g/mol. The molecule has 5 heteroatoms. The molecule has 0 aromatic rings. The van der Waals surface area contributed by atoms with Crippen molar-refractivity contribution in [3.05, 3.63) is 0 Å². The topological polar surface area (TPSA) is 55.6 Å². The highest BCUT2D eigenvalue weighted by Crippen LogP contribution is 2.41. The molecule has 0 unspecified atom stereocenters. The zero-order valence-electron chi connectivity index (χ0n) is 9.34. The van der Waals surface area contributed by atoms with E-state index in [1.54, 1.807) is 6.92 Å². The zero-order valence-corrected chi connectivity index (χ0v) is 9.34. The second kappa shape index (κ2) is 3.74. The molecule has 2 N–H and O–H groups in total. The summed E-state index contributed by atoms with van der Waals surface area (Å²) < 4.78 is 30.9. The normalized spacial score (nSPS) is 38.4. The number of carbonyl (C=O) groups excluding carboxylic acids is 1. The van der Waals surface area contributed by atoms with Gasteiger partial charge in [-0.05, 0) is 25.7 Å². The maximum Gasteiger partial charge on any atom is 0.248 e. The van der Waals surface area contributed by atoms with Crippen LogP contribution in [0.25, 0.3) is 0 Å². The first-order valence-electron chi connectivity index (χ1n) is 5.64. The number of ether oxygens (including phenoxy) is 1. The fourth-order valence-corrected chi connectivity index (χ4v) is 2.35. The van der Waals surface area contributed by atoms with Gasteiger partial charge in [-0.25, -0.2) is 8.78 Å². The highest BCUT2D eigenvalue weighted by molar-refractivity contribution is 5.93. The highest BCUT2D eigenvalue weighted by atomic mass is 19.3. The fourth-order valence-electron chi connectivity index (χ4n) is 2.35. The minimum Gasteiger partial charge on any atom is -0.362 e. The van der Waals surface area contributed by atoms with Crippen molar-refractivity contribution >= 4 is 5.78 Å². The molecule has 1 aliphatic carbocycles. The Hall–Kier alpha value is -0.550. The third-order valence-electron chi connectivity index (χ3n) is 3.53. The molecular weight excluding hydrogens is 216 g/mol. The first-order valence-corrected chi connectivity index (χ1v) is 5.64. The van der Waals surface area contributed by atoms with E-state index in [1.165, 1.54) is 0 Å². The molecule has 0 aromatic heterocycles. The Morgan fingerprint density at radius 1 is 1.62 bits per heavy atom. The summed E-state index contributed by atoms with van der Waals surface area (Å²) in [5, 5.41) is 0. The van der Waals surface area contributed by atoms with E-state index in [0.29, 0.717) is 19.4 Å². The minimum absolute atomic E-state index is 0.0770. The molecule has 1 saturated carbocycles. The summed E-state index contributed by atoms with van der Waals surface area (Å²) in [4.78, 5) is 11.7. The van der Waals surface area contributed by atoms with Crippen LogP contribution in [0.1, 0.15) is 32.6 Å². The Bertz CT molecular complexity index is 302. The quantitative estimate of drug-likeness (QED) is 0.748. The number of hydrogen-bond donors (Lipinski definition) is 1. The molecule has 3 atom stereocenters. The third-order valence-corrected chi connectivity index (χ3v) is 3.53. The highest BCUT2D eigenvalue weighted by Gasteiger charge is 2.50. The molecule has 0 spiro atoms. The van der Waals surface area contributed by atoms with Crippen molar-refractivity contribution in [3.63, 3.8) is 0 Å². The third kappa shape index (κ3) is 2.40. The Balaban J connectivity index is 1.84. The van der Waals surface area contributed by atoms with E-state index < -0.39 is 17.6 Å². The fraction of sp³-hybridized carbons (Fsp3) is 0.909. The molecule has 1 aliphatic heterocycles. The number of nitrogens with two attached hydrogens (primary N) is 1. The number of hydrogen-bond acceptors (Lipinski definition) is 3. The van der Waals surface area contributed by atoms with Crippen LogP contribution in [0.15, 0.2) is 0 Å². The maximum absolute atomic E-state index is 12.9. The van der Waals surface area contributed by atoms with Gasteiger partial charge < -0.3 is 10.5 Å². The van der Waals surface area contributed by atoms with Gasteiger partial charge in [0, 0.05) is 12.8 Å². The standard InChI is InChI=1S/C11H17F2NO2/c1-10(6-16-10)9(15)8(14)4-7-2-3-11(12,13)5-7/h7-8H,2-6,14H2,1H3/t7-,8-,10-/m0/s1. The number of ketones is 1. The number of halogens is 2. The molecule has 2 rings (SSSR count). The number of alkyl halides is 2. The second-order valence-corrected chi connectivity index (χ2v) is 5.19. The zero-order chi connectivity index (χ0) is 12.0. The average molecular weight is 233 g/mol. The lowest BCUT2D eigenvalue weighted by molar-refractivity contribution is -0.125. The van der Waals surface area contributed by atoms with Gasteiger partial charge in [-0.3, -0.25) is 4.79 Å². The molecule has 1 heterocycles. The molecule has 0 aromatic carbocycles. The van der Waals surface area contributed by atoms with Crippen molar-refractivity contribution in [1.29, 1.82) is 0 Å². The van der Waals surface area contributed by atoms with Gasteiger partial charge in [0.15, 0.2) is 5.78 Å². The molecule has 2 fully saturated rings. The van der Waals surface area contributed by atoms with E-state index in [2.05, 4.69) is 0 Å². The summed E-state index contributed by atoms with van der Waals surface area (Å²) in [6.07, 6.45) is 0.608. The van der Waals surface area contributed by atoms with Crippen LogP contribution >= 0.6 is 0 Å². The van der Waals surface area contributed by atoms with E-state index in [4.69, 9.17) is 10.5 Å². The van der Waals surface area contributed by atoms with E-state index in [9.17, 15) is 13.6 Å². The van der Waals surface area contributed by atoms with Crippen molar-refractivity contribution in [2.24, 2.45) is 11.7 Å². The molecule has 16 heavy (non-hydrogen) atoms. The van der Waals surface area contributed by atoms with Crippen LogP contribution < -0.4 is 5.73 Å². The van der Waals surface area contributed by atoms with Crippen LogP contribution in [0.5, 0.6) is 0 Å². The van der Waals surface area contributed by atoms with Crippen molar-refractivity contribution < 1.29 is 18.3 Å². The molecule has 0 amide bonds. The van der Waals surface area contributed by atoms with Gasteiger partial charge in [0.2, 0.25) is 5.92 Å². The van der Waals surface area contributed by atoms with Crippen molar-refractivity contribution in [3.8, 4) is 0 Å².